The molecule has 154 valence electrons. The molecule has 4 aromatic rings. The number of carbonyl (C=O) groups is 1. The molecule has 1 saturated heterocycles. The Labute approximate surface area is 174 Å². The van der Waals surface area contributed by atoms with Gasteiger partial charge >= 0.3 is 0 Å². The number of amides is 1. The van der Waals surface area contributed by atoms with E-state index in [1.54, 1.807) is 29.2 Å². The van der Waals surface area contributed by atoms with E-state index in [-0.39, 0.29) is 23.6 Å². The first kappa shape index (κ1) is 18.8. The van der Waals surface area contributed by atoms with E-state index >= 15 is 0 Å². The van der Waals surface area contributed by atoms with Crippen LogP contribution >= 0.6 is 11.3 Å². The second kappa shape index (κ2) is 7.54. The van der Waals surface area contributed by atoms with Gasteiger partial charge < -0.3 is 14.4 Å². The Bertz CT molecular complexity index is 1160. The molecule has 4 heterocycles. The Morgan fingerprint density at radius 1 is 1.17 bits per heavy atom. The number of aromatic nitrogens is 3. The van der Waals surface area contributed by atoms with Crippen molar-refractivity contribution in [1.82, 2.24) is 24.4 Å². The lowest BCUT2D eigenvalue weighted by molar-refractivity contribution is 0.0568. The first-order valence-corrected chi connectivity index (χ1v) is 10.3. The molecule has 0 aliphatic carbocycles. The van der Waals surface area contributed by atoms with Crippen LogP contribution in [0.5, 0.6) is 5.88 Å². The van der Waals surface area contributed by atoms with Gasteiger partial charge in [-0.2, -0.15) is 9.61 Å². The van der Waals surface area contributed by atoms with Crippen LogP contribution in [-0.2, 0) is 0 Å². The molecule has 1 aliphatic rings. The number of halogens is 1. The van der Waals surface area contributed by atoms with Gasteiger partial charge in [0, 0.05) is 26.2 Å². The van der Waals surface area contributed by atoms with Crippen molar-refractivity contribution in [2.75, 3.05) is 26.2 Å². The van der Waals surface area contributed by atoms with Gasteiger partial charge in [0.15, 0.2) is 5.76 Å². The number of hydrogen-bond acceptors (Lipinski definition) is 7. The molecule has 1 aromatic carbocycles. The molecule has 1 aliphatic heterocycles. The molecule has 8 nitrogen and oxygen atoms in total. The maximum atomic E-state index is 13.5. The van der Waals surface area contributed by atoms with Crippen LogP contribution in [0.3, 0.4) is 0 Å². The highest BCUT2D eigenvalue weighted by Gasteiger charge is 2.33. The summed E-state index contributed by atoms with van der Waals surface area (Å²) < 4.78 is 20.1. The van der Waals surface area contributed by atoms with Crippen molar-refractivity contribution in [1.29, 1.82) is 0 Å². The van der Waals surface area contributed by atoms with Crippen LogP contribution in [0.1, 0.15) is 27.0 Å². The van der Waals surface area contributed by atoms with Crippen LogP contribution in [0.4, 0.5) is 4.39 Å². The summed E-state index contributed by atoms with van der Waals surface area (Å²) in [5.74, 6) is -0.115. The van der Waals surface area contributed by atoms with E-state index < -0.39 is 0 Å². The first-order valence-electron chi connectivity index (χ1n) is 9.45. The van der Waals surface area contributed by atoms with E-state index in [1.165, 1.54) is 40.6 Å². The number of benzene rings is 1. The first-order chi connectivity index (χ1) is 14.6. The third kappa shape index (κ3) is 3.23. The number of furan rings is 1. The Kier molecular flexibility index (Phi) is 4.72. The normalized spacial score (nSPS) is 16.2. The number of thiazole rings is 1. The second-order valence-electron chi connectivity index (χ2n) is 7.00. The van der Waals surface area contributed by atoms with Crippen LogP contribution in [-0.4, -0.2) is 61.6 Å². The van der Waals surface area contributed by atoms with Crippen LogP contribution < -0.4 is 0 Å². The minimum absolute atomic E-state index is 0.0240. The molecule has 1 amide bonds. The van der Waals surface area contributed by atoms with Crippen molar-refractivity contribution >= 4 is 22.2 Å². The third-order valence-electron chi connectivity index (χ3n) is 5.27. The monoisotopic (exact) mass is 427 g/mol. The topological polar surface area (TPSA) is 87.1 Å². The highest BCUT2D eigenvalue weighted by Crippen LogP contribution is 2.40. The van der Waals surface area contributed by atoms with Gasteiger partial charge in [0.05, 0.1) is 17.2 Å². The third-order valence-corrected chi connectivity index (χ3v) is 6.36. The van der Waals surface area contributed by atoms with Crippen LogP contribution in [0.25, 0.3) is 4.96 Å². The zero-order valence-electron chi connectivity index (χ0n) is 15.8. The van der Waals surface area contributed by atoms with Crippen molar-refractivity contribution in [3.63, 3.8) is 0 Å². The van der Waals surface area contributed by atoms with E-state index in [4.69, 9.17) is 4.42 Å². The molecule has 3 aromatic heterocycles. The lowest BCUT2D eigenvalue weighted by Crippen LogP contribution is -2.49. The Hall–Kier alpha value is -3.24. The Balaban J connectivity index is 1.44. The summed E-state index contributed by atoms with van der Waals surface area (Å²) >= 11 is 1.34. The maximum Gasteiger partial charge on any atom is 0.289 e. The highest BCUT2D eigenvalue weighted by molar-refractivity contribution is 7.17. The lowest BCUT2D eigenvalue weighted by Gasteiger charge is -2.38. The van der Waals surface area contributed by atoms with Crippen molar-refractivity contribution in [2.24, 2.45) is 0 Å². The molecule has 1 unspecified atom stereocenters. The van der Waals surface area contributed by atoms with Crippen molar-refractivity contribution in [3.8, 4) is 5.88 Å². The quantitative estimate of drug-likeness (QED) is 0.539. The largest absolute Gasteiger partial charge is 0.492 e. The lowest BCUT2D eigenvalue weighted by atomic mass is 10.0. The van der Waals surface area contributed by atoms with Gasteiger partial charge in [-0.1, -0.05) is 23.5 Å². The van der Waals surface area contributed by atoms with Gasteiger partial charge in [-0.25, -0.2) is 9.37 Å². The molecule has 10 heteroatoms. The van der Waals surface area contributed by atoms with Crippen molar-refractivity contribution in [3.05, 3.63) is 71.0 Å². The summed E-state index contributed by atoms with van der Waals surface area (Å²) in [4.78, 5) is 21.9. The van der Waals surface area contributed by atoms with Crippen molar-refractivity contribution < 1.29 is 18.7 Å². The van der Waals surface area contributed by atoms with Gasteiger partial charge in [0.25, 0.3) is 5.91 Å². The summed E-state index contributed by atoms with van der Waals surface area (Å²) in [7, 11) is 0. The number of fused-ring (bicyclic) bond motifs is 1. The molecule has 1 N–H and O–H groups in total. The number of nitrogens with zero attached hydrogens (tertiary/aromatic N) is 5. The van der Waals surface area contributed by atoms with Gasteiger partial charge in [-0.3, -0.25) is 9.69 Å². The highest BCUT2D eigenvalue weighted by atomic mass is 32.1. The number of hydrogen-bond donors (Lipinski definition) is 1. The van der Waals surface area contributed by atoms with Gasteiger partial charge in [0.2, 0.25) is 10.8 Å². The summed E-state index contributed by atoms with van der Waals surface area (Å²) in [6.45, 7) is 2.20. The van der Waals surface area contributed by atoms with Gasteiger partial charge in [-0.15, -0.1) is 0 Å². The van der Waals surface area contributed by atoms with Gasteiger partial charge in [0.1, 0.15) is 12.1 Å². The zero-order valence-corrected chi connectivity index (χ0v) is 16.6. The van der Waals surface area contributed by atoms with E-state index in [0.29, 0.717) is 41.8 Å². The molecule has 30 heavy (non-hydrogen) atoms. The Morgan fingerprint density at radius 3 is 2.60 bits per heavy atom. The number of rotatable bonds is 4. The molecule has 1 atom stereocenters. The van der Waals surface area contributed by atoms with Crippen molar-refractivity contribution in [2.45, 2.75) is 6.04 Å². The summed E-state index contributed by atoms with van der Waals surface area (Å²) in [5, 5.41) is 14.8. The van der Waals surface area contributed by atoms with E-state index in [9.17, 15) is 14.3 Å². The summed E-state index contributed by atoms with van der Waals surface area (Å²) in [6.07, 6.45) is 2.87. The molecule has 0 radical (unpaired) electrons. The molecule has 0 bridgehead atoms. The molecule has 0 saturated carbocycles. The fraction of sp³-hybridized carbons (Fsp3) is 0.250. The van der Waals surface area contributed by atoms with E-state index in [2.05, 4.69) is 15.0 Å². The van der Waals surface area contributed by atoms with Gasteiger partial charge in [-0.05, 0) is 29.8 Å². The second-order valence-corrected chi connectivity index (χ2v) is 8.01. The molecule has 1 fully saturated rings. The van der Waals surface area contributed by atoms with E-state index in [0.717, 1.165) is 5.56 Å². The smallest absolute Gasteiger partial charge is 0.289 e. The predicted molar refractivity (Wildman–Crippen MR) is 107 cm³/mol. The van der Waals surface area contributed by atoms with Crippen LogP contribution in [0.15, 0.2) is 53.4 Å². The molecular formula is C20H18FN5O3S. The fourth-order valence-electron chi connectivity index (χ4n) is 3.78. The molecule has 0 spiro atoms. The van der Waals surface area contributed by atoms with Crippen LogP contribution in [0.2, 0.25) is 0 Å². The molecular weight excluding hydrogens is 409 g/mol. The minimum Gasteiger partial charge on any atom is -0.492 e. The molecule has 5 rings (SSSR count). The fourth-order valence-corrected chi connectivity index (χ4v) is 4.88. The zero-order chi connectivity index (χ0) is 20.7. The SMILES string of the molecule is O=C(c1ccco1)N1CCN(C(c2ccc(F)cc2)c2sc3ncnn3c2O)CC1. The summed E-state index contributed by atoms with van der Waals surface area (Å²) in [6, 6.07) is 9.30. The number of carbonyl (C=O) groups excluding carboxylic acids is 1. The average Bonchev–Trinajstić information content (AvgIpc) is 3.50. The number of aromatic hydroxyl groups is 1. The number of piperazine rings is 1. The van der Waals surface area contributed by atoms with Crippen LogP contribution in [0, 0.1) is 5.82 Å². The predicted octanol–water partition coefficient (Wildman–Crippen LogP) is 2.78. The average molecular weight is 427 g/mol. The maximum absolute atomic E-state index is 13.5. The summed E-state index contributed by atoms with van der Waals surface area (Å²) in [5.41, 5.74) is 0.849. The minimum atomic E-state index is -0.321. The standard InChI is InChI=1S/C20H18FN5O3S/c21-14-5-3-13(4-6-14)16(17-19(28)26-20(30-17)22-12-23-26)24-7-9-25(10-8-24)18(27)15-2-1-11-29-15/h1-6,11-12,16,28H,7-10H2. The Morgan fingerprint density at radius 2 is 1.93 bits per heavy atom. The van der Waals surface area contributed by atoms with E-state index in [1.807, 2.05) is 0 Å².